The van der Waals surface area contributed by atoms with Gasteiger partial charge in [0.25, 0.3) is 0 Å². The summed E-state index contributed by atoms with van der Waals surface area (Å²) in [4.78, 5) is 32.7. The number of aromatic nitrogens is 2. The van der Waals surface area contributed by atoms with E-state index in [9.17, 15) is 25.3 Å². The average molecular weight is 541 g/mol. The number of anilines is 3. The van der Waals surface area contributed by atoms with E-state index >= 15 is 0 Å². The Morgan fingerprint density at radius 3 is 2.51 bits per heavy atom. The van der Waals surface area contributed by atoms with Crippen LogP contribution in [0.15, 0.2) is 42.7 Å². The molecule has 0 aliphatic carbocycles. The van der Waals surface area contributed by atoms with Gasteiger partial charge in [-0.15, -0.1) is 0 Å². The van der Waals surface area contributed by atoms with Crippen LogP contribution >= 0.6 is 23.2 Å². The largest absolute Gasteiger partial charge is 0.481 e. The molecule has 4 rings (SSSR count). The highest BCUT2D eigenvalue weighted by atomic mass is 35.5. The van der Waals surface area contributed by atoms with Crippen molar-refractivity contribution in [3.05, 3.63) is 79.6 Å². The number of nitriles is 1. The van der Waals surface area contributed by atoms with Gasteiger partial charge >= 0.3 is 11.7 Å². The molecule has 2 N–H and O–H groups in total. The van der Waals surface area contributed by atoms with E-state index in [1.165, 1.54) is 6.33 Å². The lowest BCUT2D eigenvalue weighted by Gasteiger charge is -2.30. The molecule has 0 saturated carbocycles. The van der Waals surface area contributed by atoms with E-state index in [2.05, 4.69) is 21.4 Å². The second-order valence-corrected chi connectivity index (χ2v) is 9.52. The molecule has 12 heteroatoms. The number of rotatable bonds is 7. The lowest BCUT2D eigenvalue weighted by atomic mass is 9.91. The molecule has 0 amide bonds. The number of benzene rings is 2. The van der Waals surface area contributed by atoms with Gasteiger partial charge in [-0.05, 0) is 54.7 Å². The second-order valence-electron chi connectivity index (χ2n) is 8.68. The van der Waals surface area contributed by atoms with Gasteiger partial charge in [-0.25, -0.2) is 9.97 Å². The Kier molecular flexibility index (Phi) is 7.76. The second kappa shape index (κ2) is 11.0. The Morgan fingerprint density at radius 1 is 1.24 bits per heavy atom. The van der Waals surface area contributed by atoms with Crippen LogP contribution in [0.2, 0.25) is 10.0 Å². The smallest absolute Gasteiger partial charge is 0.353 e. The van der Waals surface area contributed by atoms with Crippen molar-refractivity contribution in [2.45, 2.75) is 25.7 Å². The fourth-order valence-corrected chi connectivity index (χ4v) is 4.76. The molecule has 1 fully saturated rings. The first kappa shape index (κ1) is 26.1. The van der Waals surface area contributed by atoms with E-state index < -0.39 is 22.7 Å². The van der Waals surface area contributed by atoms with Crippen molar-refractivity contribution in [3.63, 3.8) is 0 Å². The van der Waals surface area contributed by atoms with Crippen molar-refractivity contribution in [3.8, 4) is 6.07 Å². The Bertz CT molecular complexity index is 1390. The molecule has 0 bridgehead atoms. The first-order valence-electron chi connectivity index (χ1n) is 11.4. The zero-order valence-electron chi connectivity index (χ0n) is 19.7. The monoisotopic (exact) mass is 540 g/mol. The summed E-state index contributed by atoms with van der Waals surface area (Å²) < 4.78 is 0. The molecule has 190 valence electrons. The van der Waals surface area contributed by atoms with Crippen molar-refractivity contribution < 1.29 is 14.8 Å². The molecule has 37 heavy (non-hydrogen) atoms. The number of nitrogens with zero attached hydrogens (tertiary/aromatic N) is 5. The first-order valence-corrected chi connectivity index (χ1v) is 12.1. The summed E-state index contributed by atoms with van der Waals surface area (Å²) in [5, 5.41) is 35.0. The number of hydrogen-bond donors (Lipinski definition) is 2. The maximum Gasteiger partial charge on any atom is 0.353 e. The predicted molar refractivity (Wildman–Crippen MR) is 140 cm³/mol. The fourth-order valence-electron chi connectivity index (χ4n) is 4.36. The van der Waals surface area contributed by atoms with Crippen molar-refractivity contribution in [2.24, 2.45) is 5.92 Å². The minimum absolute atomic E-state index is 0.0168. The van der Waals surface area contributed by atoms with E-state index in [0.29, 0.717) is 52.8 Å². The third-order valence-corrected chi connectivity index (χ3v) is 6.95. The van der Waals surface area contributed by atoms with Crippen LogP contribution < -0.4 is 10.2 Å². The minimum Gasteiger partial charge on any atom is -0.481 e. The molecule has 0 spiro atoms. The van der Waals surface area contributed by atoms with Gasteiger partial charge in [0.2, 0.25) is 11.6 Å². The van der Waals surface area contributed by atoms with Crippen LogP contribution in [0, 0.1) is 34.3 Å². The number of aryl methyl sites for hydroxylation is 1. The highest BCUT2D eigenvalue weighted by Crippen LogP contribution is 2.38. The van der Waals surface area contributed by atoms with E-state index in [4.69, 9.17) is 23.2 Å². The third kappa shape index (κ3) is 5.58. The standard InChI is InChI=1S/C25H22Cl2N6O4/c1-14-10-18(19(12-28)15-2-4-17(26)5-3-15)20(27)11-21(14)31-23-22(33(36)37)24(30-13-29-23)32-8-6-16(7-9-32)25(34)35/h2-5,10-11,13,16,19H,6-9H2,1H3,(H,34,35)(H,29,30,31). The SMILES string of the molecule is Cc1cc(C(C#N)c2ccc(Cl)cc2)c(Cl)cc1Nc1ncnc(N2CCC(C(=O)O)CC2)c1[N+](=O)[O-]. The summed E-state index contributed by atoms with van der Waals surface area (Å²) in [6.07, 6.45) is 1.96. The van der Waals surface area contributed by atoms with Gasteiger partial charge in [0.1, 0.15) is 6.33 Å². The van der Waals surface area contributed by atoms with Crippen LogP contribution in [-0.4, -0.2) is 39.1 Å². The molecule has 3 aromatic rings. The molecular weight excluding hydrogens is 519 g/mol. The van der Waals surface area contributed by atoms with Crippen LogP contribution in [0.4, 0.5) is 23.0 Å². The van der Waals surface area contributed by atoms with Gasteiger partial charge in [0.15, 0.2) is 0 Å². The van der Waals surface area contributed by atoms with Crippen LogP contribution in [0.5, 0.6) is 0 Å². The first-order chi connectivity index (χ1) is 17.7. The maximum absolute atomic E-state index is 12.1. The summed E-state index contributed by atoms with van der Waals surface area (Å²) in [6, 6.07) is 12.6. The predicted octanol–water partition coefficient (Wildman–Crippen LogP) is 5.70. The zero-order valence-corrected chi connectivity index (χ0v) is 21.2. The molecule has 0 radical (unpaired) electrons. The number of carbonyl (C=O) groups is 1. The van der Waals surface area contributed by atoms with Crippen LogP contribution in [0.3, 0.4) is 0 Å². The molecular formula is C25H22Cl2N6O4. The number of carboxylic acid groups (broad SMARTS) is 1. The molecule has 10 nitrogen and oxygen atoms in total. The number of nitrogens with one attached hydrogen (secondary N) is 1. The Labute approximate surface area is 222 Å². The molecule has 1 saturated heterocycles. The van der Waals surface area contributed by atoms with Gasteiger partial charge in [-0.1, -0.05) is 41.4 Å². The molecule has 1 unspecified atom stereocenters. The van der Waals surface area contributed by atoms with Crippen LogP contribution in [0.25, 0.3) is 0 Å². The van der Waals surface area contributed by atoms with E-state index in [1.54, 1.807) is 48.2 Å². The van der Waals surface area contributed by atoms with E-state index in [-0.39, 0.29) is 17.3 Å². The molecule has 1 aromatic heterocycles. The van der Waals surface area contributed by atoms with Crippen molar-refractivity contribution >= 4 is 52.2 Å². The third-order valence-electron chi connectivity index (χ3n) is 6.37. The van der Waals surface area contributed by atoms with Crippen LogP contribution in [0.1, 0.15) is 35.4 Å². The quantitative estimate of drug-likeness (QED) is 0.284. The van der Waals surface area contributed by atoms with Crippen LogP contribution in [-0.2, 0) is 4.79 Å². The number of halogens is 2. The minimum atomic E-state index is -0.871. The number of carboxylic acids is 1. The Morgan fingerprint density at radius 2 is 1.92 bits per heavy atom. The topological polar surface area (TPSA) is 145 Å². The number of aliphatic carboxylic acids is 1. The van der Waals surface area contributed by atoms with E-state index in [0.717, 1.165) is 5.56 Å². The number of nitro groups is 1. The summed E-state index contributed by atoms with van der Waals surface area (Å²) in [7, 11) is 0. The maximum atomic E-state index is 12.1. The van der Waals surface area contributed by atoms with Gasteiger partial charge in [-0.3, -0.25) is 14.9 Å². The highest BCUT2D eigenvalue weighted by Gasteiger charge is 2.32. The van der Waals surface area contributed by atoms with Crippen molar-refractivity contribution in [1.29, 1.82) is 5.26 Å². The van der Waals surface area contributed by atoms with Gasteiger partial charge in [0.05, 0.1) is 22.8 Å². The normalized spacial score (nSPS) is 14.6. The van der Waals surface area contributed by atoms with Crippen molar-refractivity contribution in [1.82, 2.24) is 9.97 Å². The highest BCUT2D eigenvalue weighted by molar-refractivity contribution is 6.32. The molecule has 1 atom stereocenters. The Balaban J connectivity index is 1.65. The lowest BCUT2D eigenvalue weighted by Crippen LogP contribution is -2.37. The summed E-state index contributed by atoms with van der Waals surface area (Å²) in [5.41, 5.74) is 2.20. The van der Waals surface area contributed by atoms with E-state index in [1.807, 2.05) is 0 Å². The lowest BCUT2D eigenvalue weighted by molar-refractivity contribution is -0.383. The molecule has 2 aromatic carbocycles. The zero-order chi connectivity index (χ0) is 26.7. The summed E-state index contributed by atoms with van der Waals surface area (Å²) >= 11 is 12.5. The van der Waals surface area contributed by atoms with Gasteiger partial charge < -0.3 is 15.3 Å². The summed E-state index contributed by atoms with van der Waals surface area (Å²) in [6.45, 7) is 2.45. The van der Waals surface area contributed by atoms with Gasteiger partial charge in [-0.2, -0.15) is 5.26 Å². The molecule has 1 aliphatic rings. The van der Waals surface area contributed by atoms with Gasteiger partial charge in [0, 0.05) is 28.8 Å². The Hall–Kier alpha value is -3.94. The fraction of sp³-hybridized carbons (Fsp3) is 0.280. The molecule has 2 heterocycles. The average Bonchev–Trinajstić information content (AvgIpc) is 2.88. The van der Waals surface area contributed by atoms with Crippen molar-refractivity contribution in [2.75, 3.05) is 23.3 Å². The summed E-state index contributed by atoms with van der Waals surface area (Å²) in [5.74, 6) is -1.88. The molecule has 1 aliphatic heterocycles. The number of hydrogen-bond acceptors (Lipinski definition) is 8. The number of piperidine rings is 1.